The zero-order valence-corrected chi connectivity index (χ0v) is 14.3. The summed E-state index contributed by atoms with van der Waals surface area (Å²) in [6.07, 6.45) is 8.30. The molecule has 2 fully saturated rings. The Hall–Kier alpha value is -2.08. The lowest BCUT2D eigenvalue weighted by Crippen LogP contribution is -2.53. The summed E-state index contributed by atoms with van der Waals surface area (Å²) in [5, 5.41) is 4.32. The molecule has 0 saturated carbocycles. The monoisotopic (exact) mass is 328 g/mol. The van der Waals surface area contributed by atoms with Crippen LogP contribution in [0.25, 0.3) is 0 Å². The molecule has 1 spiro atoms. The Balaban J connectivity index is 1.53. The lowest BCUT2D eigenvalue weighted by molar-refractivity contribution is -0.130. The van der Waals surface area contributed by atoms with Crippen molar-refractivity contribution in [1.29, 1.82) is 0 Å². The number of rotatable bonds is 3. The first-order chi connectivity index (χ1) is 11.6. The van der Waals surface area contributed by atoms with Crippen LogP contribution in [0.15, 0.2) is 35.2 Å². The van der Waals surface area contributed by atoms with Crippen LogP contribution in [0.5, 0.6) is 0 Å². The van der Waals surface area contributed by atoms with Crippen molar-refractivity contribution in [1.82, 2.24) is 19.6 Å². The number of carbonyl (C=O) groups excluding carboxylic acids is 1. The average molecular weight is 328 g/mol. The highest BCUT2D eigenvalue weighted by Gasteiger charge is 2.52. The van der Waals surface area contributed by atoms with Gasteiger partial charge in [0, 0.05) is 45.7 Å². The zero-order chi connectivity index (χ0) is 16.7. The largest absolute Gasteiger partial charge is 0.468 e. The van der Waals surface area contributed by atoms with E-state index in [0.717, 1.165) is 38.2 Å². The van der Waals surface area contributed by atoms with Crippen LogP contribution in [-0.2, 0) is 18.4 Å². The Kier molecular flexibility index (Phi) is 3.72. The molecule has 2 aromatic rings. The van der Waals surface area contributed by atoms with Gasteiger partial charge in [0.05, 0.1) is 24.5 Å². The quantitative estimate of drug-likeness (QED) is 0.865. The molecular weight excluding hydrogens is 304 g/mol. The fourth-order valence-corrected chi connectivity index (χ4v) is 4.44. The van der Waals surface area contributed by atoms with Crippen molar-refractivity contribution >= 4 is 5.91 Å². The molecule has 0 aliphatic carbocycles. The molecule has 2 saturated heterocycles. The maximum absolute atomic E-state index is 12.4. The van der Waals surface area contributed by atoms with Crippen molar-refractivity contribution in [3.8, 4) is 0 Å². The molecule has 2 aromatic heterocycles. The van der Waals surface area contributed by atoms with E-state index >= 15 is 0 Å². The highest BCUT2D eigenvalue weighted by molar-refractivity contribution is 5.81. The van der Waals surface area contributed by atoms with Gasteiger partial charge in [0.1, 0.15) is 5.76 Å². The van der Waals surface area contributed by atoms with Crippen LogP contribution in [0.4, 0.5) is 0 Å². The van der Waals surface area contributed by atoms with Gasteiger partial charge < -0.3 is 9.32 Å². The van der Waals surface area contributed by atoms with Gasteiger partial charge in [0.2, 0.25) is 5.91 Å². The minimum atomic E-state index is -0.0697. The molecule has 0 unspecified atom stereocenters. The van der Waals surface area contributed by atoms with Gasteiger partial charge in [0.25, 0.3) is 0 Å². The van der Waals surface area contributed by atoms with E-state index in [4.69, 9.17) is 4.42 Å². The second kappa shape index (κ2) is 5.77. The number of aryl methyl sites for hydroxylation is 1. The van der Waals surface area contributed by atoms with Crippen molar-refractivity contribution < 1.29 is 9.21 Å². The smallest absolute Gasteiger partial charge is 0.223 e. The van der Waals surface area contributed by atoms with E-state index in [2.05, 4.69) is 16.2 Å². The number of likely N-dealkylation sites (N-methyl/N-ethyl adjacent to an activating group) is 1. The van der Waals surface area contributed by atoms with Gasteiger partial charge >= 0.3 is 0 Å². The second-order valence-corrected chi connectivity index (χ2v) is 7.12. The van der Waals surface area contributed by atoms with Crippen molar-refractivity contribution in [2.75, 3.05) is 20.1 Å². The molecule has 24 heavy (non-hydrogen) atoms. The van der Waals surface area contributed by atoms with E-state index < -0.39 is 0 Å². The third kappa shape index (κ3) is 2.45. The Morgan fingerprint density at radius 2 is 2.12 bits per heavy atom. The van der Waals surface area contributed by atoms with Crippen LogP contribution >= 0.6 is 0 Å². The number of carbonyl (C=O) groups is 1. The Labute approximate surface area is 142 Å². The first-order valence-corrected chi connectivity index (χ1v) is 8.58. The van der Waals surface area contributed by atoms with Crippen LogP contribution in [-0.4, -0.2) is 51.2 Å². The highest BCUT2D eigenvalue weighted by atomic mass is 16.3. The van der Waals surface area contributed by atoms with E-state index in [1.54, 1.807) is 6.26 Å². The normalized spacial score (nSPS) is 24.2. The van der Waals surface area contributed by atoms with Crippen LogP contribution in [0.1, 0.15) is 36.5 Å². The molecule has 1 atom stereocenters. The number of aromatic nitrogens is 2. The van der Waals surface area contributed by atoms with Gasteiger partial charge in [-0.1, -0.05) is 0 Å². The van der Waals surface area contributed by atoms with Crippen molar-refractivity contribution in [3.05, 3.63) is 42.1 Å². The summed E-state index contributed by atoms with van der Waals surface area (Å²) in [6, 6.07) is 3.96. The number of nitrogens with zero attached hydrogens (tertiary/aromatic N) is 4. The minimum Gasteiger partial charge on any atom is -0.468 e. The van der Waals surface area contributed by atoms with Gasteiger partial charge in [-0.15, -0.1) is 0 Å². The number of amides is 1. The van der Waals surface area contributed by atoms with E-state index in [9.17, 15) is 4.79 Å². The third-order valence-electron chi connectivity index (χ3n) is 5.88. The molecule has 4 rings (SSSR count). The summed E-state index contributed by atoms with van der Waals surface area (Å²) in [7, 11) is 3.91. The van der Waals surface area contributed by atoms with E-state index in [-0.39, 0.29) is 17.4 Å². The Bertz CT molecular complexity index is 713. The predicted molar refractivity (Wildman–Crippen MR) is 89.3 cm³/mol. The molecule has 6 heteroatoms. The summed E-state index contributed by atoms with van der Waals surface area (Å²) in [6.45, 7) is 2.81. The van der Waals surface area contributed by atoms with Gasteiger partial charge in [-0.05, 0) is 30.5 Å². The number of furan rings is 1. The summed E-state index contributed by atoms with van der Waals surface area (Å²) >= 11 is 0. The molecule has 1 amide bonds. The maximum atomic E-state index is 12.4. The average Bonchev–Trinajstić information content (AvgIpc) is 3.28. The van der Waals surface area contributed by atoms with Gasteiger partial charge in [-0.25, -0.2) is 0 Å². The van der Waals surface area contributed by atoms with Crippen molar-refractivity contribution in [2.45, 2.75) is 37.3 Å². The SMILES string of the molecule is CN1C(=O)C[C@H](c2cnn(C)c2)C12CCN(Cc1ccco1)CC2. The first-order valence-electron chi connectivity index (χ1n) is 8.58. The molecule has 6 nitrogen and oxygen atoms in total. The predicted octanol–water partition coefficient (Wildman–Crippen LogP) is 1.99. The van der Waals surface area contributed by atoms with Crippen molar-refractivity contribution in [2.24, 2.45) is 7.05 Å². The summed E-state index contributed by atoms with van der Waals surface area (Å²) in [4.78, 5) is 16.9. The second-order valence-electron chi connectivity index (χ2n) is 7.12. The summed E-state index contributed by atoms with van der Waals surface area (Å²) in [5.74, 6) is 1.50. The maximum Gasteiger partial charge on any atom is 0.223 e. The Morgan fingerprint density at radius 3 is 2.75 bits per heavy atom. The molecule has 0 bridgehead atoms. The molecule has 0 aromatic carbocycles. The third-order valence-corrected chi connectivity index (χ3v) is 5.88. The number of hydrogen-bond acceptors (Lipinski definition) is 4. The summed E-state index contributed by atoms with van der Waals surface area (Å²) < 4.78 is 7.30. The first kappa shape index (κ1) is 15.4. The van der Waals surface area contributed by atoms with Crippen LogP contribution in [0, 0.1) is 0 Å². The van der Waals surface area contributed by atoms with Gasteiger partial charge in [0.15, 0.2) is 0 Å². The highest BCUT2D eigenvalue weighted by Crippen LogP contribution is 2.48. The van der Waals surface area contributed by atoms with Crippen LogP contribution in [0.3, 0.4) is 0 Å². The molecule has 128 valence electrons. The van der Waals surface area contributed by atoms with Gasteiger partial charge in [-0.3, -0.25) is 14.4 Å². The lowest BCUT2D eigenvalue weighted by atomic mass is 9.74. The molecule has 0 radical (unpaired) electrons. The van der Waals surface area contributed by atoms with Crippen molar-refractivity contribution in [3.63, 3.8) is 0 Å². The lowest BCUT2D eigenvalue weighted by Gasteiger charge is -2.46. The van der Waals surface area contributed by atoms with E-state index in [1.165, 1.54) is 5.56 Å². The van der Waals surface area contributed by atoms with Crippen LogP contribution < -0.4 is 0 Å². The Morgan fingerprint density at radius 1 is 1.33 bits per heavy atom. The summed E-state index contributed by atoms with van der Waals surface area (Å²) in [5.41, 5.74) is 1.12. The number of hydrogen-bond donors (Lipinski definition) is 0. The van der Waals surface area contributed by atoms with E-state index in [1.807, 2.05) is 42.0 Å². The minimum absolute atomic E-state index is 0.0697. The molecular formula is C18H24N4O2. The van der Waals surface area contributed by atoms with E-state index in [0.29, 0.717) is 6.42 Å². The molecule has 2 aliphatic rings. The zero-order valence-electron chi connectivity index (χ0n) is 14.3. The molecule has 0 N–H and O–H groups in total. The molecule has 2 aliphatic heterocycles. The van der Waals surface area contributed by atoms with Gasteiger partial charge in [-0.2, -0.15) is 5.10 Å². The topological polar surface area (TPSA) is 54.5 Å². The molecule has 4 heterocycles. The number of likely N-dealkylation sites (tertiary alicyclic amines) is 2. The fourth-order valence-electron chi connectivity index (χ4n) is 4.44. The fraction of sp³-hybridized carbons (Fsp3) is 0.556. The standard InChI is InChI=1S/C18H24N4O2/c1-20-12-14(11-19-20)16-10-17(23)21(2)18(16)5-7-22(8-6-18)13-15-4-3-9-24-15/h3-4,9,11-12,16H,5-8,10,13H2,1-2H3/t16-/m1/s1. The number of piperidine rings is 1. The van der Waals surface area contributed by atoms with Crippen LogP contribution in [0.2, 0.25) is 0 Å².